The highest BCUT2D eigenvalue weighted by molar-refractivity contribution is 5.19. The van der Waals surface area contributed by atoms with Crippen molar-refractivity contribution in [3.63, 3.8) is 0 Å². The van der Waals surface area contributed by atoms with Crippen molar-refractivity contribution in [2.24, 2.45) is 5.29 Å². The number of hydrogen-bond acceptors (Lipinski definition) is 3. The lowest BCUT2D eigenvalue weighted by atomic mass is 10.1. The molecule has 5 nitrogen and oxygen atoms in total. The smallest absolute Gasteiger partial charge is 0.0666 e. The molecule has 0 bridgehead atoms. The molecule has 1 aromatic rings. The van der Waals surface area contributed by atoms with Gasteiger partial charge < -0.3 is 5.01 Å². The first-order valence-corrected chi connectivity index (χ1v) is 6.06. The van der Waals surface area contributed by atoms with Crippen LogP contribution in [0.4, 0.5) is 0 Å². The second kappa shape index (κ2) is 4.39. The van der Waals surface area contributed by atoms with E-state index >= 15 is 0 Å². The Morgan fingerprint density at radius 2 is 1.71 bits per heavy atom. The third-order valence-corrected chi connectivity index (χ3v) is 3.52. The van der Waals surface area contributed by atoms with E-state index in [1.807, 2.05) is 6.92 Å². The Kier molecular flexibility index (Phi) is 3.09. The summed E-state index contributed by atoms with van der Waals surface area (Å²) in [7, 11) is 0. The maximum atomic E-state index is 10.7. The Labute approximate surface area is 102 Å². The molecule has 5 heteroatoms. The molecule has 1 aromatic heterocycles. The summed E-state index contributed by atoms with van der Waals surface area (Å²) in [5, 5.41) is 7.04. The van der Waals surface area contributed by atoms with Gasteiger partial charge in [0.25, 0.3) is 0 Å². The number of nitrogens with zero attached hydrogens (tertiary/aromatic N) is 4. The van der Waals surface area contributed by atoms with Crippen LogP contribution >= 0.6 is 0 Å². The minimum absolute atomic E-state index is 0.157. The highest BCUT2D eigenvalue weighted by Gasteiger charge is 2.30. The van der Waals surface area contributed by atoms with E-state index in [0.29, 0.717) is 6.54 Å². The number of aromatic nitrogens is 1. The van der Waals surface area contributed by atoms with Crippen LogP contribution in [-0.4, -0.2) is 34.9 Å². The van der Waals surface area contributed by atoms with Crippen LogP contribution < -0.4 is 5.01 Å². The van der Waals surface area contributed by atoms with E-state index in [9.17, 15) is 4.91 Å². The molecule has 1 aliphatic heterocycles. The zero-order valence-electron chi connectivity index (χ0n) is 10.9. The summed E-state index contributed by atoms with van der Waals surface area (Å²) in [5.74, 6) is 0. The molecule has 1 fully saturated rings. The minimum atomic E-state index is 0.157. The molecule has 1 saturated heterocycles. The molecule has 1 aliphatic rings. The SMILES string of the molecule is Cc1ccc(C)n1N1C[C@@H](C)N(N=O)C[C@@H]1C. The van der Waals surface area contributed by atoms with Gasteiger partial charge in [-0.25, -0.2) is 0 Å². The van der Waals surface area contributed by atoms with Crippen molar-refractivity contribution in [2.45, 2.75) is 39.8 Å². The van der Waals surface area contributed by atoms with E-state index in [0.717, 1.165) is 6.54 Å². The van der Waals surface area contributed by atoms with Gasteiger partial charge in [-0.15, -0.1) is 4.91 Å². The van der Waals surface area contributed by atoms with Crippen LogP contribution in [0.5, 0.6) is 0 Å². The lowest BCUT2D eigenvalue weighted by molar-refractivity contribution is 0.151. The van der Waals surface area contributed by atoms with Crippen molar-refractivity contribution in [1.82, 2.24) is 9.69 Å². The monoisotopic (exact) mass is 236 g/mol. The second-order valence-electron chi connectivity index (χ2n) is 4.95. The van der Waals surface area contributed by atoms with Gasteiger partial charge >= 0.3 is 0 Å². The van der Waals surface area contributed by atoms with Crippen molar-refractivity contribution in [2.75, 3.05) is 18.1 Å². The first kappa shape index (κ1) is 12.0. The topological polar surface area (TPSA) is 40.8 Å². The largest absolute Gasteiger partial charge is 0.306 e. The van der Waals surface area contributed by atoms with E-state index in [1.165, 1.54) is 11.4 Å². The third-order valence-electron chi connectivity index (χ3n) is 3.52. The van der Waals surface area contributed by atoms with E-state index in [4.69, 9.17) is 0 Å². The van der Waals surface area contributed by atoms with Crippen LogP contribution in [-0.2, 0) is 0 Å². The van der Waals surface area contributed by atoms with Gasteiger partial charge in [-0.2, -0.15) is 0 Å². The highest BCUT2D eigenvalue weighted by atomic mass is 16.3. The predicted octanol–water partition coefficient (Wildman–Crippen LogP) is 1.82. The summed E-state index contributed by atoms with van der Waals surface area (Å²) in [5.41, 5.74) is 2.46. The molecule has 0 aliphatic carbocycles. The molecule has 94 valence electrons. The first-order valence-electron chi connectivity index (χ1n) is 6.06. The molecule has 0 N–H and O–H groups in total. The molecule has 0 amide bonds. The summed E-state index contributed by atoms with van der Waals surface area (Å²) in [6.45, 7) is 9.88. The summed E-state index contributed by atoms with van der Waals surface area (Å²) >= 11 is 0. The zero-order chi connectivity index (χ0) is 12.6. The standard InChI is InChI=1S/C12H20N4O/c1-9-5-6-10(2)16(9)15-8-11(3)14(13-17)7-12(15)4/h5-6,11-12H,7-8H2,1-4H3/t11-,12+/m1/s1. The number of aryl methyl sites for hydroxylation is 2. The Morgan fingerprint density at radius 1 is 1.12 bits per heavy atom. The first-order chi connectivity index (χ1) is 8.04. The summed E-state index contributed by atoms with van der Waals surface area (Å²) < 4.78 is 2.24. The summed E-state index contributed by atoms with van der Waals surface area (Å²) in [6, 6.07) is 4.69. The van der Waals surface area contributed by atoms with E-state index in [-0.39, 0.29) is 12.1 Å². The van der Waals surface area contributed by atoms with Crippen LogP contribution in [0.25, 0.3) is 0 Å². The van der Waals surface area contributed by atoms with Gasteiger partial charge in [-0.1, -0.05) is 0 Å². The highest BCUT2D eigenvalue weighted by Crippen LogP contribution is 2.18. The molecule has 0 aromatic carbocycles. The second-order valence-corrected chi connectivity index (χ2v) is 4.95. The Balaban J connectivity index is 2.26. The Morgan fingerprint density at radius 3 is 2.24 bits per heavy atom. The van der Waals surface area contributed by atoms with Crippen molar-refractivity contribution in [3.05, 3.63) is 28.4 Å². The van der Waals surface area contributed by atoms with Gasteiger partial charge in [-0.05, 0) is 39.8 Å². The van der Waals surface area contributed by atoms with Crippen molar-refractivity contribution in [1.29, 1.82) is 0 Å². The van der Waals surface area contributed by atoms with Gasteiger partial charge in [0, 0.05) is 11.4 Å². The minimum Gasteiger partial charge on any atom is -0.306 e. The van der Waals surface area contributed by atoms with Crippen molar-refractivity contribution >= 4 is 0 Å². The molecular formula is C12H20N4O. The number of piperazine rings is 1. The van der Waals surface area contributed by atoms with Gasteiger partial charge in [0.2, 0.25) is 0 Å². The quantitative estimate of drug-likeness (QED) is 0.735. The average Bonchev–Trinajstić information content (AvgIpc) is 2.62. The fraction of sp³-hybridized carbons (Fsp3) is 0.667. The van der Waals surface area contributed by atoms with Crippen LogP contribution in [0, 0.1) is 18.8 Å². The number of hydrogen-bond donors (Lipinski definition) is 0. The molecule has 2 rings (SSSR count). The fourth-order valence-electron chi connectivity index (χ4n) is 2.55. The number of nitroso groups, excluding NO2 is 1. The fourth-order valence-corrected chi connectivity index (χ4v) is 2.55. The normalized spacial score (nSPS) is 25.2. The lowest BCUT2D eigenvalue weighted by Crippen LogP contribution is -2.59. The van der Waals surface area contributed by atoms with Crippen LogP contribution in [0.3, 0.4) is 0 Å². The van der Waals surface area contributed by atoms with Crippen LogP contribution in [0.15, 0.2) is 17.4 Å². The van der Waals surface area contributed by atoms with E-state index in [1.54, 1.807) is 5.01 Å². The average molecular weight is 236 g/mol. The Hall–Kier alpha value is -1.52. The van der Waals surface area contributed by atoms with E-state index in [2.05, 4.69) is 47.9 Å². The molecule has 0 saturated carbocycles. The molecule has 2 atom stereocenters. The summed E-state index contributed by atoms with van der Waals surface area (Å²) in [4.78, 5) is 10.7. The Bertz CT molecular complexity index is 395. The van der Waals surface area contributed by atoms with Gasteiger partial charge in [0.05, 0.1) is 30.5 Å². The van der Waals surface area contributed by atoms with E-state index < -0.39 is 0 Å². The van der Waals surface area contributed by atoms with Crippen LogP contribution in [0.2, 0.25) is 0 Å². The molecule has 2 heterocycles. The van der Waals surface area contributed by atoms with Crippen LogP contribution in [0.1, 0.15) is 25.2 Å². The van der Waals surface area contributed by atoms with Gasteiger partial charge in [0.15, 0.2) is 0 Å². The molecule has 0 radical (unpaired) electrons. The molecule has 0 unspecified atom stereocenters. The van der Waals surface area contributed by atoms with Crippen molar-refractivity contribution < 1.29 is 0 Å². The maximum absolute atomic E-state index is 10.7. The predicted molar refractivity (Wildman–Crippen MR) is 68.4 cm³/mol. The van der Waals surface area contributed by atoms with Crippen molar-refractivity contribution in [3.8, 4) is 0 Å². The third kappa shape index (κ3) is 2.01. The maximum Gasteiger partial charge on any atom is 0.0666 e. The van der Waals surface area contributed by atoms with Gasteiger partial charge in [-0.3, -0.25) is 9.69 Å². The summed E-state index contributed by atoms with van der Waals surface area (Å²) in [6.07, 6.45) is 0. The molecule has 17 heavy (non-hydrogen) atoms. The van der Waals surface area contributed by atoms with Gasteiger partial charge in [0.1, 0.15) is 0 Å². The molecular weight excluding hydrogens is 216 g/mol. The molecule has 0 spiro atoms. The zero-order valence-corrected chi connectivity index (χ0v) is 10.9. The lowest BCUT2D eigenvalue weighted by Gasteiger charge is -2.43. The number of rotatable bonds is 2.